The third kappa shape index (κ3) is 5.88. The Hall–Kier alpha value is -3.44. The van der Waals surface area contributed by atoms with E-state index in [1.54, 1.807) is 0 Å². The molecule has 2 N–H and O–H groups in total. The van der Waals surface area contributed by atoms with Gasteiger partial charge in [-0.05, 0) is 42.5 Å². The Morgan fingerprint density at radius 3 is 1.97 bits per heavy atom. The minimum atomic E-state index is -4.85. The number of rotatable bonds is 7. The fourth-order valence-corrected chi connectivity index (χ4v) is 2.89. The van der Waals surface area contributed by atoms with E-state index in [1.165, 1.54) is 36.7 Å². The van der Waals surface area contributed by atoms with Crippen LogP contribution in [0.4, 0.5) is 28.9 Å². The first kappa shape index (κ1) is 24.2. The molecule has 0 radical (unpaired) electrons. The molecule has 2 heterocycles. The van der Waals surface area contributed by atoms with Gasteiger partial charge >= 0.3 is 12.5 Å². The maximum absolute atomic E-state index is 13.5. The zero-order valence-corrected chi connectivity index (χ0v) is 17.7. The summed E-state index contributed by atoms with van der Waals surface area (Å²) in [7, 11) is 0. The summed E-state index contributed by atoms with van der Waals surface area (Å²) >= 11 is 11.7. The van der Waals surface area contributed by atoms with Crippen molar-refractivity contribution in [3.63, 3.8) is 0 Å². The first-order valence-corrected chi connectivity index (χ1v) is 9.67. The molecule has 33 heavy (non-hydrogen) atoms. The number of aromatic nitrogens is 2. The van der Waals surface area contributed by atoms with Gasteiger partial charge in [-0.25, -0.2) is 9.97 Å². The smallest absolute Gasteiger partial charge is 0.426 e. The lowest BCUT2D eigenvalue weighted by Crippen LogP contribution is -2.33. The van der Waals surface area contributed by atoms with Crippen molar-refractivity contribution in [2.24, 2.45) is 0 Å². The van der Waals surface area contributed by atoms with E-state index in [2.05, 4.69) is 25.3 Å². The largest absolute Gasteiger partial charge is 0.461 e. The minimum absolute atomic E-state index is 0.000201. The summed E-state index contributed by atoms with van der Waals surface area (Å²) in [5.74, 6) is -2.38. The molecule has 0 bridgehead atoms. The molecule has 3 rings (SSSR count). The standard InChI is InChI=1S/C20H12Cl2F4N4O3/c21-15-11(3-1-7-27-15)17(31)29-10-5-6-14(33-20(25,26)19(23)24)13(9-10)30-18(32)12-4-2-8-28-16(12)22/h1-9,19H,(H,29,31)(H,30,32). The van der Waals surface area contributed by atoms with Crippen LogP contribution in [0.2, 0.25) is 10.3 Å². The van der Waals surface area contributed by atoms with E-state index >= 15 is 0 Å². The first-order chi connectivity index (χ1) is 15.6. The van der Waals surface area contributed by atoms with E-state index in [0.717, 1.165) is 18.2 Å². The number of nitrogens with one attached hydrogen (secondary N) is 2. The van der Waals surface area contributed by atoms with Gasteiger partial charge in [0, 0.05) is 18.1 Å². The maximum Gasteiger partial charge on any atom is 0.461 e. The summed E-state index contributed by atoms with van der Waals surface area (Å²) in [5.41, 5.74) is -0.561. The summed E-state index contributed by atoms with van der Waals surface area (Å²) in [5, 5.41) is 4.39. The number of pyridine rings is 2. The summed E-state index contributed by atoms with van der Waals surface area (Å²) in [6, 6.07) is 8.56. The molecule has 0 atom stereocenters. The summed E-state index contributed by atoms with van der Waals surface area (Å²) < 4.78 is 56.4. The third-order valence-corrected chi connectivity index (χ3v) is 4.60. The summed E-state index contributed by atoms with van der Waals surface area (Å²) in [6.07, 6.45) is -6.30. The average molecular weight is 503 g/mol. The van der Waals surface area contributed by atoms with Crippen LogP contribution in [0.5, 0.6) is 5.75 Å². The van der Waals surface area contributed by atoms with E-state index < -0.39 is 35.8 Å². The number of anilines is 2. The van der Waals surface area contributed by atoms with Gasteiger partial charge in [0.1, 0.15) is 16.1 Å². The monoisotopic (exact) mass is 502 g/mol. The predicted molar refractivity (Wildman–Crippen MR) is 112 cm³/mol. The Labute approximate surface area is 193 Å². The quantitative estimate of drug-likeness (QED) is 0.327. The van der Waals surface area contributed by atoms with E-state index in [-0.39, 0.29) is 27.1 Å². The Morgan fingerprint density at radius 1 is 0.909 bits per heavy atom. The molecule has 0 aliphatic carbocycles. The van der Waals surface area contributed by atoms with Crippen molar-refractivity contribution in [1.82, 2.24) is 9.97 Å². The number of carbonyl (C=O) groups is 2. The van der Waals surface area contributed by atoms with Gasteiger partial charge in [0.05, 0.1) is 16.8 Å². The van der Waals surface area contributed by atoms with Crippen molar-refractivity contribution in [3.8, 4) is 5.75 Å². The molecule has 7 nitrogen and oxygen atoms in total. The highest BCUT2D eigenvalue weighted by atomic mass is 35.5. The SMILES string of the molecule is O=C(Nc1ccc(OC(F)(F)C(F)F)c(NC(=O)c2cccnc2Cl)c1)c1cccnc1Cl. The molecule has 13 heteroatoms. The van der Waals surface area contributed by atoms with Gasteiger partial charge < -0.3 is 15.4 Å². The lowest BCUT2D eigenvalue weighted by atomic mass is 10.2. The second kappa shape index (κ2) is 10.0. The normalized spacial score (nSPS) is 11.2. The number of hydrogen-bond acceptors (Lipinski definition) is 5. The van der Waals surface area contributed by atoms with Crippen molar-refractivity contribution < 1.29 is 31.9 Å². The van der Waals surface area contributed by atoms with Gasteiger partial charge in [0.25, 0.3) is 11.8 Å². The molecular formula is C20H12Cl2F4N4O3. The van der Waals surface area contributed by atoms with E-state index in [4.69, 9.17) is 23.2 Å². The Morgan fingerprint density at radius 2 is 1.45 bits per heavy atom. The Balaban J connectivity index is 1.94. The third-order valence-electron chi connectivity index (χ3n) is 3.99. The van der Waals surface area contributed by atoms with Crippen molar-refractivity contribution in [1.29, 1.82) is 0 Å². The molecule has 172 valence electrons. The van der Waals surface area contributed by atoms with Gasteiger partial charge in [-0.15, -0.1) is 0 Å². The highest BCUT2D eigenvalue weighted by Crippen LogP contribution is 2.35. The molecule has 2 aromatic heterocycles. The second-order valence-corrected chi connectivity index (χ2v) is 6.98. The number of halogens is 6. The first-order valence-electron chi connectivity index (χ1n) is 8.91. The van der Waals surface area contributed by atoms with Crippen LogP contribution in [0.1, 0.15) is 20.7 Å². The Bertz CT molecular complexity index is 1200. The number of nitrogens with zero attached hydrogens (tertiary/aromatic N) is 2. The van der Waals surface area contributed by atoms with Crippen LogP contribution in [-0.2, 0) is 0 Å². The fourth-order valence-electron chi connectivity index (χ4n) is 2.48. The number of carbonyl (C=O) groups excluding carboxylic acids is 2. The van der Waals surface area contributed by atoms with Crippen LogP contribution < -0.4 is 15.4 Å². The number of ether oxygens (including phenoxy) is 1. The number of hydrogen-bond donors (Lipinski definition) is 2. The molecule has 0 spiro atoms. The van der Waals surface area contributed by atoms with Crippen LogP contribution in [0, 0.1) is 0 Å². The van der Waals surface area contributed by atoms with Crippen molar-refractivity contribution in [2.45, 2.75) is 12.5 Å². The van der Waals surface area contributed by atoms with E-state index in [1.807, 2.05) is 0 Å². The molecule has 2 amide bonds. The molecular weight excluding hydrogens is 491 g/mol. The summed E-state index contributed by atoms with van der Waals surface area (Å²) in [4.78, 5) is 32.5. The number of alkyl halides is 4. The van der Waals surface area contributed by atoms with Crippen molar-refractivity contribution in [2.75, 3.05) is 10.6 Å². The zero-order valence-electron chi connectivity index (χ0n) is 16.2. The molecule has 0 aliphatic rings. The maximum atomic E-state index is 13.5. The highest BCUT2D eigenvalue weighted by molar-refractivity contribution is 6.33. The van der Waals surface area contributed by atoms with Crippen molar-refractivity contribution in [3.05, 3.63) is 76.3 Å². The molecule has 3 aromatic rings. The number of benzene rings is 1. The fraction of sp³-hybridized carbons (Fsp3) is 0.100. The van der Waals surface area contributed by atoms with Crippen LogP contribution >= 0.6 is 23.2 Å². The highest BCUT2D eigenvalue weighted by Gasteiger charge is 2.44. The van der Waals surface area contributed by atoms with Gasteiger partial charge in [0.15, 0.2) is 0 Å². The average Bonchev–Trinajstić information content (AvgIpc) is 2.75. The molecule has 0 saturated carbocycles. The summed E-state index contributed by atoms with van der Waals surface area (Å²) in [6.45, 7) is 0. The van der Waals surface area contributed by atoms with Crippen molar-refractivity contribution >= 4 is 46.4 Å². The molecule has 0 fully saturated rings. The second-order valence-electron chi connectivity index (χ2n) is 6.27. The van der Waals surface area contributed by atoms with E-state index in [0.29, 0.717) is 0 Å². The van der Waals surface area contributed by atoms with Gasteiger partial charge in [-0.1, -0.05) is 23.2 Å². The minimum Gasteiger partial charge on any atom is -0.426 e. The lowest BCUT2D eigenvalue weighted by molar-refractivity contribution is -0.252. The molecule has 0 aliphatic heterocycles. The van der Waals surface area contributed by atoms with Crippen LogP contribution in [-0.4, -0.2) is 34.3 Å². The van der Waals surface area contributed by atoms with Gasteiger partial charge in [0.2, 0.25) is 0 Å². The molecule has 0 unspecified atom stereocenters. The molecule has 1 aromatic carbocycles. The van der Waals surface area contributed by atoms with Gasteiger partial charge in [-0.3, -0.25) is 9.59 Å². The number of amides is 2. The van der Waals surface area contributed by atoms with E-state index in [9.17, 15) is 27.2 Å². The van der Waals surface area contributed by atoms with Gasteiger partial charge in [-0.2, -0.15) is 17.6 Å². The van der Waals surface area contributed by atoms with Crippen LogP contribution in [0.25, 0.3) is 0 Å². The van der Waals surface area contributed by atoms with Crippen LogP contribution in [0.15, 0.2) is 54.9 Å². The van der Waals surface area contributed by atoms with Crippen LogP contribution in [0.3, 0.4) is 0 Å². The Kier molecular flexibility index (Phi) is 7.34. The topological polar surface area (TPSA) is 93.2 Å². The molecule has 0 saturated heterocycles. The predicted octanol–water partition coefficient (Wildman–Crippen LogP) is 5.52. The lowest BCUT2D eigenvalue weighted by Gasteiger charge is -2.20. The zero-order chi connectivity index (χ0) is 24.2.